The van der Waals surface area contributed by atoms with Crippen LogP contribution in [0.2, 0.25) is 0 Å². The van der Waals surface area contributed by atoms with Crippen molar-refractivity contribution in [2.45, 2.75) is 117 Å². The summed E-state index contributed by atoms with van der Waals surface area (Å²) < 4.78 is 60.1. The lowest BCUT2D eigenvalue weighted by Crippen LogP contribution is -2.27. The summed E-state index contributed by atoms with van der Waals surface area (Å²) in [6, 6.07) is 5.39. The monoisotopic (exact) mass is 957 g/mol. The maximum Gasteiger partial charge on any atom is 0.421 e. The molecule has 0 saturated heterocycles. The zero-order valence-electron chi connectivity index (χ0n) is 37.1. The van der Waals surface area contributed by atoms with Crippen LogP contribution in [0.5, 0.6) is 0 Å². The molecule has 0 radical (unpaired) electrons. The first-order valence-electron chi connectivity index (χ1n) is 20.9. The van der Waals surface area contributed by atoms with Gasteiger partial charge in [0.1, 0.15) is 28.9 Å². The van der Waals surface area contributed by atoms with Gasteiger partial charge in [0.2, 0.25) is 5.95 Å². The molecular formula is C45H60ClF4N13O4. The average molecular weight is 959 g/mol. The van der Waals surface area contributed by atoms with Gasteiger partial charge >= 0.3 is 6.09 Å². The Morgan fingerprint density at radius 3 is 2.06 bits per heavy atom. The second-order valence-electron chi connectivity index (χ2n) is 15.6. The quantitative estimate of drug-likeness (QED) is 0.0109. The summed E-state index contributed by atoms with van der Waals surface area (Å²) in [5.74, 6) is -0.815. The minimum absolute atomic E-state index is 0. The van der Waals surface area contributed by atoms with Crippen molar-refractivity contribution in [3.63, 3.8) is 0 Å². The Labute approximate surface area is 393 Å². The molecule has 0 bridgehead atoms. The lowest BCUT2D eigenvalue weighted by atomic mass is 10.1. The topological polar surface area (TPSA) is 250 Å². The molecule has 0 atom stereocenters. The number of Topliss-reactive ketones (excluding diaryl/α,β-unsaturated/α-hetero) is 1. The van der Waals surface area contributed by atoms with Crippen LogP contribution >= 0.6 is 12.4 Å². The molecule has 3 heterocycles. The van der Waals surface area contributed by atoms with Crippen LogP contribution in [0.15, 0.2) is 60.1 Å². The molecule has 0 saturated carbocycles. The number of carbonyl (C=O) groups is 3. The summed E-state index contributed by atoms with van der Waals surface area (Å²) in [7, 11) is 0. The lowest BCUT2D eigenvalue weighted by Gasteiger charge is -2.19. The van der Waals surface area contributed by atoms with Gasteiger partial charge in [0.05, 0.1) is 17.6 Å². The molecule has 0 aliphatic carbocycles. The number of terminal acetylenes is 1. The maximum atomic E-state index is 13.2. The number of carbonyl (C=O) groups excluding carboxylic acids is 3. The largest absolute Gasteiger partial charge is 0.443 e. The van der Waals surface area contributed by atoms with E-state index >= 15 is 0 Å². The number of ether oxygens (including phenoxy) is 1. The highest BCUT2D eigenvalue weighted by atomic mass is 35.5. The number of benzene rings is 2. The van der Waals surface area contributed by atoms with Crippen molar-refractivity contribution >= 4 is 42.1 Å². The van der Waals surface area contributed by atoms with E-state index in [0.29, 0.717) is 25.0 Å². The van der Waals surface area contributed by atoms with E-state index in [1.54, 1.807) is 17.1 Å². The Bertz CT molecular complexity index is 2360. The number of aromatic nitrogens is 7. The molecule has 0 unspecified atom stereocenters. The highest BCUT2D eigenvalue weighted by Gasteiger charge is 2.20. The molecule has 5 aromatic rings. The van der Waals surface area contributed by atoms with Gasteiger partial charge in [-0.1, -0.05) is 30.6 Å². The van der Waals surface area contributed by atoms with Crippen LogP contribution in [-0.2, 0) is 30.5 Å². The predicted molar refractivity (Wildman–Crippen MR) is 250 cm³/mol. The van der Waals surface area contributed by atoms with Crippen molar-refractivity contribution in [1.29, 1.82) is 0 Å². The molecule has 67 heavy (non-hydrogen) atoms. The Morgan fingerprint density at radius 2 is 1.48 bits per heavy atom. The van der Waals surface area contributed by atoms with Crippen LogP contribution in [0.25, 0.3) is 10.4 Å². The second kappa shape index (κ2) is 30.3. The molecule has 0 fully saturated rings. The number of H-pyrrole nitrogens is 1. The fourth-order valence-electron chi connectivity index (χ4n) is 5.91. The molecule has 0 aliphatic heterocycles. The average Bonchev–Trinajstić information content (AvgIpc) is 3.98. The second-order valence-corrected chi connectivity index (χ2v) is 15.6. The van der Waals surface area contributed by atoms with Crippen molar-refractivity contribution in [2.24, 2.45) is 5.11 Å². The molecule has 5 rings (SSSR count). The van der Waals surface area contributed by atoms with E-state index < -0.39 is 40.9 Å². The first kappa shape index (κ1) is 58.1. The number of nitrogens with zero attached hydrogens (tertiary/aromatic N) is 9. The van der Waals surface area contributed by atoms with Gasteiger partial charge in [-0.2, -0.15) is 0 Å². The molecular weight excluding hydrogens is 898 g/mol. The smallest absolute Gasteiger partial charge is 0.421 e. The number of aryl methyl sites for hydroxylation is 4. The number of unbranched alkanes of at least 4 members (excludes halogenated alkanes) is 5. The van der Waals surface area contributed by atoms with E-state index in [1.165, 1.54) is 4.57 Å². The van der Waals surface area contributed by atoms with Gasteiger partial charge in [0.15, 0.2) is 11.7 Å². The van der Waals surface area contributed by atoms with Crippen molar-refractivity contribution in [2.75, 3.05) is 24.6 Å². The molecule has 17 nitrogen and oxygen atoms in total. The van der Waals surface area contributed by atoms with Crippen LogP contribution in [0.3, 0.4) is 0 Å². The van der Waals surface area contributed by atoms with Crippen molar-refractivity contribution in [3.05, 3.63) is 117 Å². The molecule has 0 aliphatic rings. The van der Waals surface area contributed by atoms with Crippen molar-refractivity contribution in [1.82, 2.24) is 39.8 Å². The Morgan fingerprint density at radius 1 is 0.881 bits per heavy atom. The number of amides is 1. The van der Waals surface area contributed by atoms with Crippen LogP contribution in [0.4, 0.5) is 34.3 Å². The first-order chi connectivity index (χ1) is 31.0. The van der Waals surface area contributed by atoms with Crippen molar-refractivity contribution < 1.29 is 36.7 Å². The van der Waals surface area contributed by atoms with Gasteiger partial charge in [-0.15, -0.1) is 29.8 Å². The van der Waals surface area contributed by atoms with Gasteiger partial charge in [0, 0.05) is 78.7 Å². The number of aromatic amines is 1. The zero-order valence-corrected chi connectivity index (χ0v) is 37.9. The molecule has 364 valence electrons. The minimum Gasteiger partial charge on any atom is -0.443 e. The summed E-state index contributed by atoms with van der Waals surface area (Å²) in [6.45, 7) is 6.15. The number of nitrogens with two attached hydrogens (primary N) is 2. The van der Waals surface area contributed by atoms with Gasteiger partial charge in [0.25, 0.3) is 5.91 Å². The normalized spacial score (nSPS) is 10.4. The van der Waals surface area contributed by atoms with Gasteiger partial charge in [-0.3, -0.25) is 14.3 Å². The summed E-state index contributed by atoms with van der Waals surface area (Å²) in [5.41, 5.74) is 21.4. The molecule has 2 aromatic carbocycles. The van der Waals surface area contributed by atoms with Crippen LogP contribution < -0.4 is 16.8 Å². The number of rotatable bonds is 20. The molecule has 0 spiro atoms. The summed E-state index contributed by atoms with van der Waals surface area (Å²) in [4.78, 5) is 49.0. The Balaban J connectivity index is 0.000000521. The van der Waals surface area contributed by atoms with Gasteiger partial charge in [-0.25, -0.2) is 36.9 Å². The zero-order chi connectivity index (χ0) is 47.8. The van der Waals surface area contributed by atoms with Crippen molar-refractivity contribution in [3.8, 4) is 12.3 Å². The fourth-order valence-corrected chi connectivity index (χ4v) is 5.91. The van der Waals surface area contributed by atoms with Gasteiger partial charge in [-0.05, 0) is 102 Å². The molecule has 22 heteroatoms. The van der Waals surface area contributed by atoms with E-state index in [-0.39, 0.29) is 62.2 Å². The van der Waals surface area contributed by atoms with E-state index in [0.717, 1.165) is 112 Å². The number of nitrogen functional groups attached to an aromatic ring is 2. The van der Waals surface area contributed by atoms with E-state index in [2.05, 4.69) is 46.5 Å². The number of azide groups is 1. The first-order valence-corrected chi connectivity index (χ1v) is 20.9. The minimum atomic E-state index is -0.819. The maximum absolute atomic E-state index is 13.2. The number of imidazole rings is 2. The van der Waals surface area contributed by atoms with E-state index in [1.807, 2.05) is 27.0 Å². The highest BCUT2D eigenvalue weighted by molar-refractivity contribution is 5.96. The SMILES string of the molecule is C.C#CCCCCCc1cn(C(=O)OC(C)(C)C)c(N)n1.Cl.Nc1ncc(CCCCCc2cn(CCCC(=O)c3cc(F)cc(F)c3)nn2)[nH]1.[N-]=[N+]=NCCNC(=O)c1cc(F)cc(F)c1. The Kier molecular flexibility index (Phi) is 26.3. The third-order valence-electron chi connectivity index (χ3n) is 8.90. The third kappa shape index (κ3) is 23.2. The predicted octanol–water partition coefficient (Wildman–Crippen LogP) is 9.53. The highest BCUT2D eigenvalue weighted by Crippen LogP contribution is 2.16. The number of hydrogen-bond acceptors (Lipinski definition) is 11. The molecule has 6 N–H and O–H groups in total. The summed E-state index contributed by atoms with van der Waals surface area (Å²) in [6.07, 6.45) is 20.2. The van der Waals surface area contributed by atoms with Crippen LogP contribution in [-0.4, -0.2) is 71.0 Å². The van der Waals surface area contributed by atoms with Gasteiger partial charge < -0.3 is 26.5 Å². The summed E-state index contributed by atoms with van der Waals surface area (Å²) >= 11 is 0. The number of halogens is 5. The van der Waals surface area contributed by atoms with E-state index in [9.17, 15) is 31.9 Å². The standard InChI is InChI=1S/C20H24F2N6O.C15H23N3O2.C9H8F2N4O.CH4.ClH/c21-15-9-14(10-16(22)11-15)19(29)7-4-8-28-13-18(26-27-28)6-3-1-2-5-17-12-24-20(23)25-17;1-5-6-7-8-9-10-12-11-18(13(16)17-12)14(19)20-15(2,3)4;10-7-3-6(4-8(11)5-7)9(16)13-1-2-14-15-12;;/h9-13H,1-8H2,(H3,23,24,25);1,11H,6-10H2,2-4H3,(H2,16,17);3-5H,1-2H2,(H,13,16);1H4;1H. The number of hydrogen-bond donors (Lipinski definition) is 4. The van der Waals surface area contributed by atoms with Crippen LogP contribution in [0.1, 0.15) is 124 Å². The molecule has 1 amide bonds. The number of nitrogens with one attached hydrogen (secondary N) is 2. The lowest BCUT2D eigenvalue weighted by molar-refractivity contribution is 0.0540. The van der Waals surface area contributed by atoms with Crippen LogP contribution in [0, 0.1) is 35.6 Å². The Hall–Kier alpha value is -6.91. The third-order valence-corrected chi connectivity index (χ3v) is 8.90. The number of ketones is 1. The summed E-state index contributed by atoms with van der Waals surface area (Å²) in [5, 5.41) is 13.8. The molecule has 3 aromatic heterocycles. The number of anilines is 2. The van der Waals surface area contributed by atoms with E-state index in [4.69, 9.17) is 28.2 Å². The fraction of sp³-hybridized carbons (Fsp3) is 0.444.